The number of ketones is 1. The molecule has 0 aliphatic carbocycles. The minimum Gasteiger partial charge on any atom is -0.442 e. The molecule has 1 atom stereocenters. The van der Waals surface area contributed by atoms with E-state index in [-0.39, 0.29) is 18.0 Å². The molecule has 0 radical (unpaired) electrons. The number of carbonyl (C=O) groups is 3. The number of amides is 2. The highest BCUT2D eigenvalue weighted by atomic mass is 19.1. The number of alkyl halides is 1. The normalized spacial score (nSPS) is 17.5. The lowest BCUT2D eigenvalue weighted by molar-refractivity contribution is -0.119. The van der Waals surface area contributed by atoms with Crippen molar-refractivity contribution in [2.45, 2.75) is 13.0 Å². The Kier molecular flexibility index (Phi) is 4.52. The molecule has 2 rings (SSSR count). The smallest absolute Gasteiger partial charge is 0.414 e. The third kappa shape index (κ3) is 3.56. The molecule has 0 aromatic heterocycles. The van der Waals surface area contributed by atoms with Crippen LogP contribution in [0.5, 0.6) is 0 Å². The zero-order valence-electron chi connectivity index (χ0n) is 11.5. The minimum absolute atomic E-state index is 0.196. The molecule has 2 amide bonds. The number of rotatable bonds is 5. The van der Waals surface area contributed by atoms with E-state index >= 15 is 0 Å². The predicted molar refractivity (Wildman–Crippen MR) is 73.0 cm³/mol. The van der Waals surface area contributed by atoms with Crippen LogP contribution in [0.4, 0.5) is 14.9 Å². The quantitative estimate of drug-likeness (QED) is 0.831. The monoisotopic (exact) mass is 294 g/mol. The van der Waals surface area contributed by atoms with Crippen LogP contribution in [0.3, 0.4) is 0 Å². The number of Topliss-reactive ketones (excluding diaryl/α,β-unsaturated/α-hetero) is 1. The van der Waals surface area contributed by atoms with Crippen molar-refractivity contribution in [2.75, 3.05) is 24.7 Å². The highest BCUT2D eigenvalue weighted by Gasteiger charge is 2.32. The molecule has 1 N–H and O–H groups in total. The van der Waals surface area contributed by atoms with Crippen LogP contribution >= 0.6 is 0 Å². The van der Waals surface area contributed by atoms with Crippen LogP contribution in [0.25, 0.3) is 0 Å². The first-order valence-corrected chi connectivity index (χ1v) is 6.43. The standard InChI is InChI=1S/C14H15FN2O4/c1-9(18)16-7-12-8-17(14(20)21-12)11-4-2-10(3-5-11)13(19)6-15/h2-5,12H,6-8H2,1H3,(H,16,18)/t12-/m0/s1. The van der Waals surface area contributed by atoms with Gasteiger partial charge in [-0.15, -0.1) is 0 Å². The van der Waals surface area contributed by atoms with Crippen molar-refractivity contribution in [3.05, 3.63) is 29.8 Å². The number of hydrogen-bond acceptors (Lipinski definition) is 4. The second-order valence-electron chi connectivity index (χ2n) is 4.66. The molecular formula is C14H15FN2O4. The van der Waals surface area contributed by atoms with E-state index in [1.807, 2.05) is 0 Å². The van der Waals surface area contributed by atoms with Crippen LogP contribution in [0.15, 0.2) is 24.3 Å². The van der Waals surface area contributed by atoms with Crippen molar-refractivity contribution in [2.24, 2.45) is 0 Å². The summed E-state index contributed by atoms with van der Waals surface area (Å²) in [6.45, 7) is 0.880. The van der Waals surface area contributed by atoms with E-state index in [2.05, 4.69) is 5.32 Å². The van der Waals surface area contributed by atoms with E-state index in [0.29, 0.717) is 12.2 Å². The van der Waals surface area contributed by atoms with Gasteiger partial charge in [0, 0.05) is 18.2 Å². The molecule has 0 spiro atoms. The molecule has 1 heterocycles. The number of anilines is 1. The number of hydrogen-bond donors (Lipinski definition) is 1. The Labute approximate surface area is 120 Å². The van der Waals surface area contributed by atoms with Gasteiger partial charge in [-0.3, -0.25) is 14.5 Å². The minimum atomic E-state index is -1.05. The average molecular weight is 294 g/mol. The third-order valence-electron chi connectivity index (χ3n) is 3.08. The lowest BCUT2D eigenvalue weighted by atomic mass is 10.1. The molecule has 0 unspecified atom stereocenters. The fourth-order valence-corrected chi connectivity index (χ4v) is 2.00. The lowest BCUT2D eigenvalue weighted by Crippen LogP contribution is -2.33. The van der Waals surface area contributed by atoms with Crippen molar-refractivity contribution in [1.29, 1.82) is 0 Å². The van der Waals surface area contributed by atoms with Gasteiger partial charge in [0.15, 0.2) is 12.5 Å². The number of benzene rings is 1. The summed E-state index contributed by atoms with van der Waals surface area (Å²) in [5.74, 6) is -0.798. The van der Waals surface area contributed by atoms with E-state index < -0.39 is 24.7 Å². The molecule has 1 aliphatic rings. The lowest BCUT2D eigenvalue weighted by Gasteiger charge is -2.13. The van der Waals surface area contributed by atoms with Crippen molar-refractivity contribution in [3.8, 4) is 0 Å². The highest BCUT2D eigenvalue weighted by Crippen LogP contribution is 2.22. The molecule has 0 bridgehead atoms. The summed E-state index contributed by atoms with van der Waals surface area (Å²) in [4.78, 5) is 35.2. The summed E-state index contributed by atoms with van der Waals surface area (Å²) >= 11 is 0. The Balaban J connectivity index is 2.03. The van der Waals surface area contributed by atoms with E-state index in [0.717, 1.165) is 0 Å². The van der Waals surface area contributed by atoms with E-state index in [1.54, 1.807) is 12.1 Å². The number of ether oxygens (including phenoxy) is 1. The third-order valence-corrected chi connectivity index (χ3v) is 3.08. The van der Waals surface area contributed by atoms with Crippen molar-refractivity contribution < 1.29 is 23.5 Å². The van der Waals surface area contributed by atoms with Gasteiger partial charge < -0.3 is 10.1 Å². The van der Waals surface area contributed by atoms with E-state index in [1.165, 1.54) is 24.0 Å². The molecular weight excluding hydrogens is 279 g/mol. The first-order chi connectivity index (χ1) is 10.0. The molecule has 0 saturated carbocycles. The summed E-state index contributed by atoms with van der Waals surface area (Å²) in [5.41, 5.74) is 0.810. The molecule has 21 heavy (non-hydrogen) atoms. The maximum Gasteiger partial charge on any atom is 0.414 e. The van der Waals surface area contributed by atoms with Gasteiger partial charge in [0.1, 0.15) is 6.10 Å². The summed E-state index contributed by atoms with van der Waals surface area (Å²) in [6.07, 6.45) is -0.941. The fraction of sp³-hybridized carbons (Fsp3) is 0.357. The number of nitrogens with zero attached hydrogens (tertiary/aromatic N) is 1. The number of nitrogens with one attached hydrogen (secondary N) is 1. The van der Waals surface area contributed by atoms with Crippen LogP contribution in [0.1, 0.15) is 17.3 Å². The summed E-state index contributed by atoms with van der Waals surface area (Å²) < 4.78 is 17.4. The highest BCUT2D eigenvalue weighted by molar-refractivity contribution is 5.98. The van der Waals surface area contributed by atoms with Gasteiger partial charge >= 0.3 is 6.09 Å². The Morgan fingerprint density at radius 3 is 2.62 bits per heavy atom. The molecule has 112 valence electrons. The van der Waals surface area contributed by atoms with Crippen molar-refractivity contribution in [3.63, 3.8) is 0 Å². The molecule has 1 aromatic carbocycles. The van der Waals surface area contributed by atoms with Gasteiger partial charge in [-0.05, 0) is 24.3 Å². The largest absolute Gasteiger partial charge is 0.442 e. The number of halogens is 1. The number of carbonyl (C=O) groups excluding carboxylic acids is 3. The topological polar surface area (TPSA) is 75.7 Å². The molecule has 1 aliphatic heterocycles. The molecule has 7 heteroatoms. The maximum atomic E-state index is 12.3. The van der Waals surface area contributed by atoms with Gasteiger partial charge in [0.05, 0.1) is 13.1 Å². The van der Waals surface area contributed by atoms with Gasteiger partial charge in [-0.1, -0.05) is 0 Å². The van der Waals surface area contributed by atoms with Crippen LogP contribution in [-0.2, 0) is 9.53 Å². The number of cyclic esters (lactones) is 1. The van der Waals surface area contributed by atoms with Crippen molar-refractivity contribution in [1.82, 2.24) is 5.32 Å². The summed E-state index contributed by atoms with van der Waals surface area (Å²) in [7, 11) is 0. The Morgan fingerprint density at radius 1 is 1.38 bits per heavy atom. The summed E-state index contributed by atoms with van der Waals surface area (Å²) in [5, 5.41) is 2.58. The van der Waals surface area contributed by atoms with Gasteiger partial charge in [-0.2, -0.15) is 0 Å². The predicted octanol–water partition coefficient (Wildman–Crippen LogP) is 1.30. The van der Waals surface area contributed by atoms with Gasteiger partial charge in [-0.25, -0.2) is 9.18 Å². The van der Waals surface area contributed by atoms with Crippen molar-refractivity contribution >= 4 is 23.5 Å². The summed E-state index contributed by atoms with van der Waals surface area (Å²) in [6, 6.07) is 6.05. The molecule has 1 saturated heterocycles. The zero-order chi connectivity index (χ0) is 15.4. The second kappa shape index (κ2) is 6.34. The average Bonchev–Trinajstić information content (AvgIpc) is 2.85. The fourth-order valence-electron chi connectivity index (χ4n) is 2.00. The molecule has 6 nitrogen and oxygen atoms in total. The molecule has 1 aromatic rings. The second-order valence-corrected chi connectivity index (χ2v) is 4.66. The Hall–Kier alpha value is -2.44. The zero-order valence-corrected chi connectivity index (χ0v) is 11.5. The van der Waals surface area contributed by atoms with Crippen LogP contribution in [0.2, 0.25) is 0 Å². The first kappa shape index (κ1) is 15.0. The van der Waals surface area contributed by atoms with Crippen LogP contribution in [-0.4, -0.2) is 43.7 Å². The molecule has 1 fully saturated rings. The van der Waals surface area contributed by atoms with Crippen LogP contribution in [0, 0.1) is 0 Å². The van der Waals surface area contributed by atoms with Gasteiger partial charge in [0.25, 0.3) is 0 Å². The Morgan fingerprint density at radius 2 is 2.05 bits per heavy atom. The van der Waals surface area contributed by atoms with E-state index in [4.69, 9.17) is 4.74 Å². The van der Waals surface area contributed by atoms with Crippen LogP contribution < -0.4 is 10.2 Å². The maximum absolute atomic E-state index is 12.3. The SMILES string of the molecule is CC(=O)NC[C@H]1CN(c2ccc(C(=O)CF)cc2)C(=O)O1. The van der Waals surface area contributed by atoms with Gasteiger partial charge in [0.2, 0.25) is 5.91 Å². The Bertz CT molecular complexity index is 559. The van der Waals surface area contributed by atoms with E-state index in [9.17, 15) is 18.8 Å². The first-order valence-electron chi connectivity index (χ1n) is 6.43.